The smallest absolute Gasteiger partial charge is 0.181 e. The van der Waals surface area contributed by atoms with E-state index in [9.17, 15) is 0 Å². The molecule has 0 fully saturated rings. The van der Waals surface area contributed by atoms with Crippen molar-refractivity contribution in [2.24, 2.45) is 0 Å². The number of H-pyrrole nitrogens is 1. The van der Waals surface area contributed by atoms with Crippen molar-refractivity contribution in [3.63, 3.8) is 0 Å². The summed E-state index contributed by atoms with van der Waals surface area (Å²) in [6.07, 6.45) is 1.74. The van der Waals surface area contributed by atoms with Crippen LogP contribution in [0.3, 0.4) is 0 Å². The maximum atomic E-state index is 9.02. The number of nitrogens with one attached hydrogen (secondary N) is 2. The Labute approximate surface area is 99.0 Å². The van der Waals surface area contributed by atoms with Gasteiger partial charge in [-0.1, -0.05) is 0 Å². The Morgan fingerprint density at radius 1 is 1.53 bits per heavy atom. The number of hydrogen-bond acceptors (Lipinski definition) is 4. The summed E-state index contributed by atoms with van der Waals surface area (Å²) in [5, 5.41) is 11.7. The molecule has 5 nitrogen and oxygen atoms in total. The molecule has 0 aliphatic rings. The Hall–Kier alpha value is -2.43. The lowest BCUT2D eigenvalue weighted by Gasteiger charge is -2.08. The van der Waals surface area contributed by atoms with Gasteiger partial charge in [0.05, 0.1) is 11.9 Å². The van der Waals surface area contributed by atoms with Gasteiger partial charge in [-0.05, 0) is 31.7 Å². The molecular weight excluding hydrogens is 216 g/mol. The minimum Gasteiger partial charge on any atom is -0.495 e. The van der Waals surface area contributed by atoms with Crippen LogP contribution in [0.15, 0.2) is 36.9 Å². The van der Waals surface area contributed by atoms with E-state index < -0.39 is 0 Å². The number of aliphatic hydroxyl groups is 1. The van der Waals surface area contributed by atoms with Crippen molar-refractivity contribution in [3.05, 3.63) is 42.7 Å². The molecule has 0 atom stereocenters. The van der Waals surface area contributed by atoms with Crippen LogP contribution in [-0.4, -0.2) is 15.1 Å². The molecule has 1 aromatic carbocycles. The molecule has 0 spiro atoms. The highest BCUT2D eigenvalue weighted by Gasteiger charge is 2.06. The Kier molecular flexibility index (Phi) is 2.74. The number of hydrogen-bond donors (Lipinski definition) is 4. The molecule has 0 aliphatic carbocycles. The lowest BCUT2D eigenvalue weighted by atomic mass is 10.1. The highest BCUT2D eigenvalue weighted by Crippen LogP contribution is 2.27. The van der Waals surface area contributed by atoms with E-state index in [1.165, 1.54) is 0 Å². The second-order valence-corrected chi connectivity index (χ2v) is 3.76. The fourth-order valence-electron chi connectivity index (χ4n) is 1.61. The fourth-order valence-corrected chi connectivity index (χ4v) is 1.61. The van der Waals surface area contributed by atoms with Gasteiger partial charge in [-0.15, -0.1) is 0 Å². The van der Waals surface area contributed by atoms with Crippen LogP contribution in [0.5, 0.6) is 0 Å². The van der Waals surface area contributed by atoms with Gasteiger partial charge in [0.15, 0.2) is 5.88 Å². The summed E-state index contributed by atoms with van der Waals surface area (Å²) >= 11 is 0. The number of aryl methyl sites for hydroxylation is 1. The van der Waals surface area contributed by atoms with Crippen LogP contribution in [-0.2, 0) is 0 Å². The van der Waals surface area contributed by atoms with E-state index >= 15 is 0 Å². The topological polar surface area (TPSA) is 87.0 Å². The van der Waals surface area contributed by atoms with Crippen molar-refractivity contribution in [1.82, 2.24) is 9.97 Å². The van der Waals surface area contributed by atoms with Gasteiger partial charge < -0.3 is 21.1 Å². The molecule has 2 aromatic rings. The first kappa shape index (κ1) is 11.1. The third-order valence-electron chi connectivity index (χ3n) is 2.33. The third-order valence-corrected chi connectivity index (χ3v) is 2.33. The Morgan fingerprint density at radius 2 is 2.29 bits per heavy atom. The van der Waals surface area contributed by atoms with Crippen LogP contribution in [0.1, 0.15) is 5.82 Å². The van der Waals surface area contributed by atoms with Crippen molar-refractivity contribution in [1.29, 1.82) is 0 Å². The zero-order valence-electron chi connectivity index (χ0n) is 9.49. The molecule has 5 heteroatoms. The Balaban J connectivity index is 2.34. The van der Waals surface area contributed by atoms with E-state index in [1.54, 1.807) is 12.3 Å². The molecular formula is C12H14N4O. The van der Waals surface area contributed by atoms with Gasteiger partial charge in [0.25, 0.3) is 0 Å². The lowest BCUT2D eigenvalue weighted by molar-refractivity contribution is 0.422. The van der Waals surface area contributed by atoms with E-state index in [1.807, 2.05) is 19.1 Å². The monoisotopic (exact) mass is 230 g/mol. The van der Waals surface area contributed by atoms with Crippen molar-refractivity contribution < 1.29 is 5.11 Å². The van der Waals surface area contributed by atoms with Crippen LogP contribution >= 0.6 is 0 Å². The van der Waals surface area contributed by atoms with E-state index in [0.717, 1.165) is 17.1 Å². The van der Waals surface area contributed by atoms with Crippen LogP contribution in [0, 0.1) is 6.92 Å². The molecule has 0 saturated carbocycles. The Morgan fingerprint density at radius 3 is 2.82 bits per heavy atom. The molecule has 0 aliphatic heterocycles. The molecule has 88 valence electrons. The summed E-state index contributed by atoms with van der Waals surface area (Å²) in [5.74, 6) is 0.722. The number of benzene rings is 1. The zero-order chi connectivity index (χ0) is 12.4. The largest absolute Gasteiger partial charge is 0.495 e. The molecule has 2 rings (SSSR count). The zero-order valence-corrected chi connectivity index (χ0v) is 9.49. The first-order chi connectivity index (χ1) is 8.06. The lowest BCUT2D eigenvalue weighted by Crippen LogP contribution is -1.98. The summed E-state index contributed by atoms with van der Waals surface area (Å²) in [6.45, 7) is 5.23. The highest BCUT2D eigenvalue weighted by atomic mass is 16.3. The molecule has 0 saturated heterocycles. The summed E-state index contributed by atoms with van der Waals surface area (Å²) in [7, 11) is 0. The molecule has 5 N–H and O–H groups in total. The van der Waals surface area contributed by atoms with Gasteiger partial charge in [0.1, 0.15) is 5.82 Å². The normalized spacial score (nSPS) is 10.2. The molecule has 1 aromatic heterocycles. The summed E-state index contributed by atoms with van der Waals surface area (Å²) < 4.78 is 0. The van der Waals surface area contributed by atoms with Gasteiger partial charge >= 0.3 is 0 Å². The SMILES string of the molecule is C=C(O)Nc1ccc(-c2cnc(C)[nH]2)c(N)c1. The highest BCUT2D eigenvalue weighted by molar-refractivity contribution is 5.77. The number of rotatable bonds is 3. The van der Waals surface area contributed by atoms with Crippen LogP contribution in [0.2, 0.25) is 0 Å². The number of aliphatic hydroxyl groups excluding tert-OH is 1. The predicted octanol–water partition coefficient (Wildman–Crippen LogP) is 2.41. The molecule has 0 bridgehead atoms. The van der Waals surface area contributed by atoms with Gasteiger partial charge in [0, 0.05) is 16.9 Å². The van der Waals surface area contributed by atoms with Crippen molar-refractivity contribution in [3.8, 4) is 11.3 Å². The average Bonchev–Trinajstić information content (AvgIpc) is 2.64. The quantitative estimate of drug-likeness (QED) is 0.481. The van der Waals surface area contributed by atoms with E-state index in [2.05, 4.69) is 21.9 Å². The second-order valence-electron chi connectivity index (χ2n) is 3.76. The fraction of sp³-hybridized carbons (Fsp3) is 0.0833. The molecule has 0 amide bonds. The van der Waals surface area contributed by atoms with Crippen LogP contribution in [0.4, 0.5) is 11.4 Å². The second kappa shape index (κ2) is 4.21. The van der Waals surface area contributed by atoms with Gasteiger partial charge in [-0.2, -0.15) is 0 Å². The van der Waals surface area contributed by atoms with Crippen LogP contribution in [0.25, 0.3) is 11.3 Å². The molecule has 1 heterocycles. The maximum absolute atomic E-state index is 9.02. The number of imidazole rings is 1. The van der Waals surface area contributed by atoms with Crippen LogP contribution < -0.4 is 11.1 Å². The predicted molar refractivity (Wildman–Crippen MR) is 68.6 cm³/mol. The van der Waals surface area contributed by atoms with E-state index in [4.69, 9.17) is 10.8 Å². The summed E-state index contributed by atoms with van der Waals surface area (Å²) in [4.78, 5) is 7.24. The number of aromatic nitrogens is 2. The van der Waals surface area contributed by atoms with Gasteiger partial charge in [-0.25, -0.2) is 4.98 Å². The minimum absolute atomic E-state index is 0.116. The number of aromatic amines is 1. The first-order valence-electron chi connectivity index (χ1n) is 5.12. The number of nitrogens with zero attached hydrogens (tertiary/aromatic N) is 1. The number of anilines is 2. The van der Waals surface area contributed by atoms with E-state index in [-0.39, 0.29) is 5.88 Å². The molecule has 0 radical (unpaired) electrons. The van der Waals surface area contributed by atoms with Crippen molar-refractivity contribution >= 4 is 11.4 Å². The maximum Gasteiger partial charge on any atom is 0.181 e. The van der Waals surface area contributed by atoms with Crippen molar-refractivity contribution in [2.75, 3.05) is 11.1 Å². The van der Waals surface area contributed by atoms with Crippen molar-refractivity contribution in [2.45, 2.75) is 6.92 Å². The number of nitrogens with two attached hydrogens (primary N) is 1. The summed E-state index contributed by atoms with van der Waals surface area (Å²) in [5.41, 5.74) is 8.97. The van der Waals surface area contributed by atoms with E-state index in [0.29, 0.717) is 11.4 Å². The van der Waals surface area contributed by atoms with Gasteiger partial charge in [-0.3, -0.25) is 0 Å². The Bertz CT molecular complexity index is 559. The number of nitrogen functional groups attached to an aromatic ring is 1. The third kappa shape index (κ3) is 2.39. The molecule has 0 unspecified atom stereocenters. The van der Waals surface area contributed by atoms with Gasteiger partial charge in [0.2, 0.25) is 0 Å². The molecule has 17 heavy (non-hydrogen) atoms. The standard InChI is InChI=1S/C12H14N4O/c1-7-14-6-12(15-7)10-4-3-9(5-11(10)13)16-8(2)17/h3-6,16-17H,2,13H2,1H3,(H,14,15). The average molecular weight is 230 g/mol. The first-order valence-corrected chi connectivity index (χ1v) is 5.12. The minimum atomic E-state index is -0.116. The summed E-state index contributed by atoms with van der Waals surface area (Å²) in [6, 6.07) is 5.39.